The Bertz CT molecular complexity index is 805. The number of nitrogens with zero attached hydrogens (tertiary/aromatic N) is 4. The zero-order chi connectivity index (χ0) is 15.6. The normalized spacial score (nSPS) is 16.8. The standard InChI is InChI=1S/C16H16N6O/c23-16(19-13-3-6-15-12(9-13)10-18-20-15)11-1-4-14(5-2-11)22-8-7-17-21-22/h1-2,4-5,7-8,10,13H,3,6,9H2,(H,18,20)(H,19,23). The van der Waals surface area contributed by atoms with Crippen LogP contribution in [0.3, 0.4) is 0 Å². The van der Waals surface area contributed by atoms with Gasteiger partial charge in [0.2, 0.25) is 0 Å². The van der Waals surface area contributed by atoms with Gasteiger partial charge >= 0.3 is 0 Å². The number of fused-ring (bicyclic) bond motifs is 1. The summed E-state index contributed by atoms with van der Waals surface area (Å²) in [5.74, 6) is -0.0490. The predicted octanol–water partition coefficient (Wildman–Crippen LogP) is 1.28. The number of benzene rings is 1. The molecular formula is C16H16N6O. The molecule has 0 aliphatic heterocycles. The SMILES string of the molecule is O=C(NC1CCc2[nH]ncc2C1)c1ccc(-n2ccnn2)cc1. The zero-order valence-electron chi connectivity index (χ0n) is 12.4. The molecule has 0 radical (unpaired) electrons. The lowest BCUT2D eigenvalue weighted by atomic mass is 9.93. The molecule has 116 valence electrons. The number of hydrogen-bond acceptors (Lipinski definition) is 4. The number of amides is 1. The fourth-order valence-electron chi connectivity index (χ4n) is 2.92. The Labute approximate surface area is 132 Å². The molecule has 1 aliphatic carbocycles. The first kappa shape index (κ1) is 13.7. The molecule has 4 rings (SSSR count). The van der Waals surface area contributed by atoms with E-state index in [4.69, 9.17) is 0 Å². The third-order valence-corrected chi connectivity index (χ3v) is 4.17. The van der Waals surface area contributed by atoms with E-state index in [1.54, 1.807) is 29.2 Å². The summed E-state index contributed by atoms with van der Waals surface area (Å²) >= 11 is 0. The van der Waals surface area contributed by atoms with Gasteiger partial charge in [-0.1, -0.05) is 5.21 Å². The molecule has 0 saturated heterocycles. The molecule has 0 spiro atoms. The van der Waals surface area contributed by atoms with Gasteiger partial charge in [0.25, 0.3) is 5.91 Å². The van der Waals surface area contributed by atoms with Gasteiger partial charge in [0.1, 0.15) is 0 Å². The fourth-order valence-corrected chi connectivity index (χ4v) is 2.92. The first-order valence-corrected chi connectivity index (χ1v) is 7.58. The largest absolute Gasteiger partial charge is 0.349 e. The van der Waals surface area contributed by atoms with Crippen LogP contribution in [0.15, 0.2) is 42.9 Å². The van der Waals surface area contributed by atoms with E-state index in [9.17, 15) is 4.79 Å². The zero-order valence-corrected chi connectivity index (χ0v) is 12.4. The Hall–Kier alpha value is -2.96. The van der Waals surface area contributed by atoms with Crippen molar-refractivity contribution >= 4 is 5.91 Å². The molecule has 0 saturated carbocycles. The summed E-state index contributed by atoms with van der Waals surface area (Å²) < 4.78 is 1.66. The third kappa shape index (κ3) is 2.73. The summed E-state index contributed by atoms with van der Waals surface area (Å²) in [6.07, 6.45) is 7.91. The van der Waals surface area contributed by atoms with Crippen LogP contribution in [-0.2, 0) is 12.8 Å². The average Bonchev–Trinajstić information content (AvgIpc) is 3.26. The molecule has 7 nitrogen and oxygen atoms in total. The molecule has 2 N–H and O–H groups in total. The molecule has 0 fully saturated rings. The lowest BCUT2D eigenvalue weighted by Gasteiger charge is -2.22. The maximum absolute atomic E-state index is 12.4. The lowest BCUT2D eigenvalue weighted by molar-refractivity contribution is 0.0933. The van der Waals surface area contributed by atoms with Crippen molar-refractivity contribution in [2.45, 2.75) is 25.3 Å². The minimum Gasteiger partial charge on any atom is -0.349 e. The Morgan fingerprint density at radius 1 is 1.30 bits per heavy atom. The first-order chi connectivity index (χ1) is 11.3. The van der Waals surface area contributed by atoms with Crippen LogP contribution in [-0.4, -0.2) is 37.1 Å². The van der Waals surface area contributed by atoms with Gasteiger partial charge in [0.05, 0.1) is 24.3 Å². The van der Waals surface area contributed by atoms with Gasteiger partial charge in [-0.15, -0.1) is 5.10 Å². The molecular weight excluding hydrogens is 292 g/mol. The maximum Gasteiger partial charge on any atom is 0.251 e. The summed E-state index contributed by atoms with van der Waals surface area (Å²) in [5.41, 5.74) is 3.90. The smallest absolute Gasteiger partial charge is 0.251 e. The average molecular weight is 308 g/mol. The van der Waals surface area contributed by atoms with Crippen molar-refractivity contribution in [3.8, 4) is 5.69 Å². The highest BCUT2D eigenvalue weighted by atomic mass is 16.1. The van der Waals surface area contributed by atoms with E-state index in [2.05, 4.69) is 25.8 Å². The molecule has 23 heavy (non-hydrogen) atoms. The van der Waals surface area contributed by atoms with E-state index in [-0.39, 0.29) is 11.9 Å². The maximum atomic E-state index is 12.4. The van der Waals surface area contributed by atoms with Crippen molar-refractivity contribution < 1.29 is 4.79 Å². The number of rotatable bonds is 3. The van der Waals surface area contributed by atoms with E-state index in [1.807, 2.05) is 18.3 Å². The van der Waals surface area contributed by atoms with Gasteiger partial charge < -0.3 is 5.32 Å². The number of nitrogens with one attached hydrogen (secondary N) is 2. The van der Waals surface area contributed by atoms with Gasteiger partial charge in [0.15, 0.2) is 0 Å². The first-order valence-electron chi connectivity index (χ1n) is 7.58. The van der Waals surface area contributed by atoms with Gasteiger partial charge in [-0.2, -0.15) is 5.10 Å². The molecule has 2 aromatic heterocycles. The lowest BCUT2D eigenvalue weighted by Crippen LogP contribution is -2.38. The second-order valence-electron chi connectivity index (χ2n) is 5.68. The van der Waals surface area contributed by atoms with Crippen LogP contribution in [0, 0.1) is 0 Å². The Morgan fingerprint density at radius 3 is 2.96 bits per heavy atom. The van der Waals surface area contributed by atoms with Crippen LogP contribution < -0.4 is 5.32 Å². The topological polar surface area (TPSA) is 88.5 Å². The monoisotopic (exact) mass is 308 g/mol. The van der Waals surface area contributed by atoms with Crippen LogP contribution in [0.4, 0.5) is 0 Å². The Balaban J connectivity index is 1.43. The van der Waals surface area contributed by atoms with Crippen molar-refractivity contribution in [1.29, 1.82) is 0 Å². The Morgan fingerprint density at radius 2 is 2.17 bits per heavy atom. The number of H-pyrrole nitrogens is 1. The van der Waals surface area contributed by atoms with Crippen LogP contribution in [0.5, 0.6) is 0 Å². The van der Waals surface area contributed by atoms with E-state index in [1.165, 1.54) is 11.3 Å². The molecule has 7 heteroatoms. The van der Waals surface area contributed by atoms with Crippen LogP contribution in [0.2, 0.25) is 0 Å². The second kappa shape index (κ2) is 5.68. The minimum absolute atomic E-state index is 0.0490. The number of carbonyl (C=O) groups is 1. The summed E-state index contributed by atoms with van der Waals surface area (Å²) in [5, 5.41) is 17.9. The molecule has 0 bridgehead atoms. The van der Waals surface area contributed by atoms with Gasteiger partial charge in [-0.05, 0) is 49.1 Å². The van der Waals surface area contributed by atoms with Crippen LogP contribution in [0.1, 0.15) is 28.0 Å². The van der Waals surface area contributed by atoms with Crippen molar-refractivity contribution in [2.75, 3.05) is 0 Å². The highest BCUT2D eigenvalue weighted by Crippen LogP contribution is 2.19. The number of aryl methyl sites for hydroxylation is 1. The predicted molar refractivity (Wildman–Crippen MR) is 83.2 cm³/mol. The molecule has 2 heterocycles. The number of aromatic nitrogens is 5. The summed E-state index contributed by atoms with van der Waals surface area (Å²) in [6, 6.07) is 7.48. The van der Waals surface area contributed by atoms with Crippen LogP contribution >= 0.6 is 0 Å². The van der Waals surface area contributed by atoms with Crippen molar-refractivity contribution in [1.82, 2.24) is 30.5 Å². The van der Waals surface area contributed by atoms with Gasteiger partial charge in [0, 0.05) is 17.3 Å². The quantitative estimate of drug-likeness (QED) is 0.763. The molecule has 1 aromatic carbocycles. The fraction of sp³-hybridized carbons (Fsp3) is 0.250. The van der Waals surface area contributed by atoms with E-state index >= 15 is 0 Å². The number of carbonyl (C=O) groups excluding carboxylic acids is 1. The molecule has 1 atom stereocenters. The van der Waals surface area contributed by atoms with Crippen molar-refractivity contribution in [3.05, 3.63) is 59.7 Å². The molecule has 1 unspecified atom stereocenters. The summed E-state index contributed by atoms with van der Waals surface area (Å²) in [7, 11) is 0. The van der Waals surface area contributed by atoms with E-state index in [0.29, 0.717) is 5.56 Å². The summed E-state index contributed by atoms with van der Waals surface area (Å²) in [6.45, 7) is 0. The molecule has 1 amide bonds. The highest BCUT2D eigenvalue weighted by molar-refractivity contribution is 5.94. The third-order valence-electron chi connectivity index (χ3n) is 4.17. The highest BCUT2D eigenvalue weighted by Gasteiger charge is 2.21. The molecule has 3 aromatic rings. The number of aromatic amines is 1. The summed E-state index contributed by atoms with van der Waals surface area (Å²) in [4.78, 5) is 12.4. The van der Waals surface area contributed by atoms with E-state index < -0.39 is 0 Å². The number of hydrogen-bond donors (Lipinski definition) is 2. The Kier molecular flexibility index (Phi) is 3.38. The molecule has 1 aliphatic rings. The van der Waals surface area contributed by atoms with Crippen LogP contribution in [0.25, 0.3) is 5.69 Å². The van der Waals surface area contributed by atoms with Gasteiger partial charge in [-0.3, -0.25) is 9.89 Å². The minimum atomic E-state index is -0.0490. The van der Waals surface area contributed by atoms with Crippen molar-refractivity contribution in [3.63, 3.8) is 0 Å². The van der Waals surface area contributed by atoms with Crippen molar-refractivity contribution in [2.24, 2.45) is 0 Å². The van der Waals surface area contributed by atoms with E-state index in [0.717, 1.165) is 24.9 Å². The van der Waals surface area contributed by atoms with Gasteiger partial charge in [-0.25, -0.2) is 4.68 Å². The second-order valence-corrected chi connectivity index (χ2v) is 5.68.